The lowest BCUT2D eigenvalue weighted by atomic mass is 9.63. The SMILES string of the molecule is CC1CCCC(C)C1C1CCCC(C=O)C1. The van der Waals surface area contributed by atoms with Crippen molar-refractivity contribution in [2.45, 2.75) is 58.8 Å². The predicted octanol–water partition coefficient (Wildman–Crippen LogP) is 4.06. The molecule has 0 spiro atoms. The van der Waals surface area contributed by atoms with E-state index < -0.39 is 0 Å². The number of carbonyl (C=O) groups is 1. The smallest absolute Gasteiger partial charge is 0.123 e. The van der Waals surface area contributed by atoms with Crippen LogP contribution >= 0.6 is 0 Å². The standard InChI is InChI=1S/C15H26O/c1-11-5-3-6-12(2)15(11)14-8-4-7-13(9-14)10-16/h10-15H,3-9H2,1-2H3. The molecule has 0 heterocycles. The summed E-state index contributed by atoms with van der Waals surface area (Å²) < 4.78 is 0. The molecule has 0 bridgehead atoms. The Morgan fingerprint density at radius 3 is 2.19 bits per heavy atom. The van der Waals surface area contributed by atoms with Gasteiger partial charge in [-0.3, -0.25) is 0 Å². The van der Waals surface area contributed by atoms with Crippen molar-refractivity contribution in [2.75, 3.05) is 0 Å². The molecule has 2 saturated carbocycles. The Bertz CT molecular complexity index is 226. The molecular weight excluding hydrogens is 196 g/mol. The average molecular weight is 222 g/mol. The molecule has 0 aromatic carbocycles. The molecule has 2 aliphatic rings. The van der Waals surface area contributed by atoms with E-state index in [0.717, 1.165) is 30.1 Å². The van der Waals surface area contributed by atoms with Crippen LogP contribution in [0.25, 0.3) is 0 Å². The van der Waals surface area contributed by atoms with E-state index in [4.69, 9.17) is 0 Å². The van der Waals surface area contributed by atoms with Gasteiger partial charge in [0.25, 0.3) is 0 Å². The summed E-state index contributed by atoms with van der Waals surface area (Å²) in [5.74, 6) is 3.89. The summed E-state index contributed by atoms with van der Waals surface area (Å²) >= 11 is 0. The molecule has 2 rings (SSSR count). The maximum absolute atomic E-state index is 11.0. The molecule has 1 heteroatoms. The van der Waals surface area contributed by atoms with E-state index in [9.17, 15) is 4.79 Å². The number of rotatable bonds is 2. The van der Waals surface area contributed by atoms with Gasteiger partial charge in [0.2, 0.25) is 0 Å². The summed E-state index contributed by atoms with van der Waals surface area (Å²) in [6.45, 7) is 4.87. The Kier molecular flexibility index (Phi) is 4.05. The van der Waals surface area contributed by atoms with Crippen molar-refractivity contribution in [2.24, 2.45) is 29.6 Å². The molecule has 0 amide bonds. The van der Waals surface area contributed by atoms with Crippen LogP contribution in [0.3, 0.4) is 0 Å². The summed E-state index contributed by atoms with van der Waals surface area (Å²) in [7, 11) is 0. The second-order valence-corrected chi connectivity index (χ2v) is 6.29. The van der Waals surface area contributed by atoms with Crippen LogP contribution in [-0.4, -0.2) is 6.29 Å². The molecule has 4 atom stereocenters. The van der Waals surface area contributed by atoms with Gasteiger partial charge in [-0.15, -0.1) is 0 Å². The Labute approximate surface area is 100.0 Å². The quantitative estimate of drug-likeness (QED) is 0.644. The zero-order chi connectivity index (χ0) is 11.5. The van der Waals surface area contributed by atoms with Crippen molar-refractivity contribution in [3.63, 3.8) is 0 Å². The number of aldehydes is 1. The van der Waals surface area contributed by atoms with Crippen molar-refractivity contribution in [3.8, 4) is 0 Å². The van der Waals surface area contributed by atoms with Crippen LogP contribution in [0.5, 0.6) is 0 Å². The van der Waals surface area contributed by atoms with Crippen molar-refractivity contribution in [3.05, 3.63) is 0 Å². The molecule has 0 N–H and O–H groups in total. The summed E-state index contributed by atoms with van der Waals surface area (Å²) in [5.41, 5.74) is 0. The highest BCUT2D eigenvalue weighted by atomic mass is 16.1. The lowest BCUT2D eigenvalue weighted by Crippen LogP contribution is -2.34. The Morgan fingerprint density at radius 2 is 1.56 bits per heavy atom. The molecule has 0 aliphatic heterocycles. The summed E-state index contributed by atoms with van der Waals surface area (Å²) in [6, 6.07) is 0. The minimum absolute atomic E-state index is 0.375. The van der Waals surface area contributed by atoms with Gasteiger partial charge in [-0.05, 0) is 36.5 Å². The third kappa shape index (κ3) is 2.49. The fraction of sp³-hybridized carbons (Fsp3) is 0.933. The first kappa shape index (κ1) is 12.1. The normalized spacial score (nSPS) is 45.2. The van der Waals surface area contributed by atoms with Gasteiger partial charge in [-0.25, -0.2) is 0 Å². The third-order valence-electron chi connectivity index (χ3n) is 5.13. The van der Waals surface area contributed by atoms with Crippen LogP contribution in [0.4, 0.5) is 0 Å². The highest BCUT2D eigenvalue weighted by molar-refractivity contribution is 5.53. The molecule has 2 aliphatic carbocycles. The van der Waals surface area contributed by atoms with E-state index in [0.29, 0.717) is 5.92 Å². The Hall–Kier alpha value is -0.330. The Morgan fingerprint density at radius 1 is 0.938 bits per heavy atom. The molecular formula is C15H26O. The van der Waals surface area contributed by atoms with Crippen LogP contribution in [-0.2, 0) is 4.79 Å². The van der Waals surface area contributed by atoms with Gasteiger partial charge >= 0.3 is 0 Å². The summed E-state index contributed by atoms with van der Waals surface area (Å²) in [4.78, 5) is 11.0. The molecule has 16 heavy (non-hydrogen) atoms. The van der Waals surface area contributed by atoms with E-state index >= 15 is 0 Å². The topological polar surface area (TPSA) is 17.1 Å². The molecule has 92 valence electrons. The van der Waals surface area contributed by atoms with Gasteiger partial charge in [0.1, 0.15) is 6.29 Å². The lowest BCUT2D eigenvalue weighted by molar-refractivity contribution is -0.112. The lowest BCUT2D eigenvalue weighted by Gasteiger charge is -2.42. The van der Waals surface area contributed by atoms with E-state index in [1.807, 2.05) is 0 Å². The number of hydrogen-bond acceptors (Lipinski definition) is 1. The first-order chi connectivity index (χ1) is 7.72. The minimum atomic E-state index is 0.375. The molecule has 0 saturated heterocycles. The fourth-order valence-corrected chi connectivity index (χ4v) is 4.38. The maximum Gasteiger partial charge on any atom is 0.123 e. The first-order valence-corrected chi connectivity index (χ1v) is 7.17. The van der Waals surface area contributed by atoms with Gasteiger partial charge in [0, 0.05) is 5.92 Å². The second-order valence-electron chi connectivity index (χ2n) is 6.29. The largest absolute Gasteiger partial charge is 0.303 e. The molecule has 0 aromatic heterocycles. The molecule has 2 fully saturated rings. The summed E-state index contributed by atoms with van der Waals surface area (Å²) in [6.07, 6.45) is 10.5. The van der Waals surface area contributed by atoms with Crippen molar-refractivity contribution in [1.29, 1.82) is 0 Å². The van der Waals surface area contributed by atoms with E-state index in [-0.39, 0.29) is 0 Å². The van der Waals surface area contributed by atoms with E-state index in [1.165, 1.54) is 44.8 Å². The van der Waals surface area contributed by atoms with Gasteiger partial charge in [0.15, 0.2) is 0 Å². The van der Waals surface area contributed by atoms with Crippen LogP contribution in [0.2, 0.25) is 0 Å². The molecule has 0 radical (unpaired) electrons. The van der Waals surface area contributed by atoms with Crippen molar-refractivity contribution < 1.29 is 4.79 Å². The van der Waals surface area contributed by atoms with E-state index in [2.05, 4.69) is 13.8 Å². The predicted molar refractivity (Wildman–Crippen MR) is 67.2 cm³/mol. The van der Waals surface area contributed by atoms with Crippen molar-refractivity contribution >= 4 is 6.29 Å². The second kappa shape index (κ2) is 5.33. The zero-order valence-corrected chi connectivity index (χ0v) is 10.8. The van der Waals surface area contributed by atoms with Crippen LogP contribution in [0.15, 0.2) is 0 Å². The van der Waals surface area contributed by atoms with Gasteiger partial charge in [-0.2, -0.15) is 0 Å². The van der Waals surface area contributed by atoms with Gasteiger partial charge < -0.3 is 4.79 Å². The minimum Gasteiger partial charge on any atom is -0.303 e. The summed E-state index contributed by atoms with van der Waals surface area (Å²) in [5, 5.41) is 0. The molecule has 4 unspecified atom stereocenters. The van der Waals surface area contributed by atoms with Crippen LogP contribution < -0.4 is 0 Å². The van der Waals surface area contributed by atoms with Gasteiger partial charge in [0.05, 0.1) is 0 Å². The Balaban J connectivity index is 2.01. The highest BCUT2D eigenvalue weighted by Crippen LogP contribution is 2.45. The third-order valence-corrected chi connectivity index (χ3v) is 5.13. The first-order valence-electron chi connectivity index (χ1n) is 7.17. The fourth-order valence-electron chi connectivity index (χ4n) is 4.38. The maximum atomic E-state index is 11.0. The van der Waals surface area contributed by atoms with Crippen LogP contribution in [0, 0.1) is 29.6 Å². The molecule has 0 aromatic rings. The number of carbonyl (C=O) groups excluding carboxylic acids is 1. The highest BCUT2D eigenvalue weighted by Gasteiger charge is 2.36. The molecule has 1 nitrogen and oxygen atoms in total. The zero-order valence-electron chi connectivity index (χ0n) is 10.8. The van der Waals surface area contributed by atoms with Crippen LogP contribution in [0.1, 0.15) is 58.8 Å². The van der Waals surface area contributed by atoms with Gasteiger partial charge in [-0.1, -0.05) is 46.0 Å². The average Bonchev–Trinajstić information content (AvgIpc) is 2.29. The van der Waals surface area contributed by atoms with Crippen molar-refractivity contribution in [1.82, 2.24) is 0 Å². The monoisotopic (exact) mass is 222 g/mol. The van der Waals surface area contributed by atoms with E-state index in [1.54, 1.807) is 0 Å². The number of hydrogen-bond donors (Lipinski definition) is 0.